The van der Waals surface area contributed by atoms with E-state index < -0.39 is 22.1 Å². The molecule has 0 saturated carbocycles. The number of pyridine rings is 1. The molecule has 0 aliphatic rings. The number of rotatable bonds is 3. The van der Waals surface area contributed by atoms with Crippen molar-refractivity contribution in [1.82, 2.24) is 0 Å². The molecule has 0 unspecified atom stereocenters. The summed E-state index contributed by atoms with van der Waals surface area (Å²) in [6.07, 6.45) is 1.19. The second-order valence-electron chi connectivity index (χ2n) is 5.32. The van der Waals surface area contributed by atoms with E-state index >= 15 is 0 Å². The van der Waals surface area contributed by atoms with Crippen molar-refractivity contribution >= 4 is 40.5 Å². The van der Waals surface area contributed by atoms with Crippen LogP contribution in [0.3, 0.4) is 0 Å². The van der Waals surface area contributed by atoms with Crippen LogP contribution in [0.2, 0.25) is 10.2 Å². The van der Waals surface area contributed by atoms with Crippen LogP contribution in [0.4, 0.5) is 5.69 Å². The van der Waals surface area contributed by atoms with Gasteiger partial charge in [-0.05, 0) is 41.8 Å². The summed E-state index contributed by atoms with van der Waals surface area (Å²) in [7, 11) is 0. The number of hydrogen-bond donors (Lipinski definition) is 2. The summed E-state index contributed by atoms with van der Waals surface area (Å²) in [4.78, 5) is 10.1. The van der Waals surface area contributed by atoms with Gasteiger partial charge in [0.15, 0.2) is 5.75 Å². The number of nitriles is 1. The zero-order valence-corrected chi connectivity index (χ0v) is 15.0. The number of nitrogens with zero attached hydrogens (tertiary/aromatic N) is 3. The normalized spacial score (nSPS) is 11.3. The number of hydrogen-bond acceptors (Lipinski definition) is 6. The van der Waals surface area contributed by atoms with Gasteiger partial charge in [-0.3, -0.25) is 10.1 Å². The highest BCUT2D eigenvalue weighted by Gasteiger charge is 2.25. The molecular formula is C16H11Cl2N3O5. The topological polar surface area (TPSA) is 134 Å². The first-order valence-corrected chi connectivity index (χ1v) is 7.76. The molecule has 0 atom stereocenters. The molecule has 0 aliphatic carbocycles. The highest BCUT2D eigenvalue weighted by atomic mass is 35.5. The van der Waals surface area contributed by atoms with Crippen LogP contribution >= 0.6 is 23.2 Å². The number of aromatic nitrogens is 1. The van der Waals surface area contributed by atoms with E-state index in [1.807, 2.05) is 6.07 Å². The van der Waals surface area contributed by atoms with Crippen molar-refractivity contribution in [3.63, 3.8) is 0 Å². The number of phenolic OH excluding ortho intramolecular Hbond substituents is 2. The SMILES string of the molecule is Cc1c(Cl)c(C)[n+]([O-])c(Cl)c1/C(C#N)=C/c1cc(O)c(O)c([N+](=O)[O-])c1. The number of nitro benzene ring substituents is 1. The highest BCUT2D eigenvalue weighted by Crippen LogP contribution is 2.38. The van der Waals surface area contributed by atoms with Gasteiger partial charge in [0.25, 0.3) is 5.15 Å². The summed E-state index contributed by atoms with van der Waals surface area (Å²) < 4.78 is 0.369. The lowest BCUT2D eigenvalue weighted by Crippen LogP contribution is -2.33. The molecule has 2 N–H and O–H groups in total. The Labute approximate surface area is 157 Å². The summed E-state index contributed by atoms with van der Waals surface area (Å²) in [5.41, 5.74) is -0.182. The first-order chi connectivity index (χ1) is 12.1. The first kappa shape index (κ1) is 19.3. The Morgan fingerprint density at radius 1 is 1.35 bits per heavy atom. The van der Waals surface area contributed by atoms with Gasteiger partial charge < -0.3 is 15.4 Å². The maximum atomic E-state index is 12.1. The molecule has 2 aromatic rings. The Kier molecular flexibility index (Phi) is 5.25. The molecule has 1 aromatic carbocycles. The Morgan fingerprint density at radius 2 is 1.96 bits per heavy atom. The molecule has 0 bridgehead atoms. The average molecular weight is 396 g/mol. The number of aromatic hydroxyl groups is 2. The van der Waals surface area contributed by atoms with Gasteiger partial charge in [-0.1, -0.05) is 11.6 Å². The van der Waals surface area contributed by atoms with E-state index in [1.165, 1.54) is 13.0 Å². The minimum absolute atomic E-state index is 0.0492. The van der Waals surface area contributed by atoms with Gasteiger partial charge in [0.05, 0.1) is 16.1 Å². The van der Waals surface area contributed by atoms with E-state index in [4.69, 9.17) is 23.2 Å². The predicted octanol–water partition coefficient (Wildman–Crippen LogP) is 3.63. The van der Waals surface area contributed by atoms with E-state index in [-0.39, 0.29) is 32.6 Å². The Balaban J connectivity index is 2.76. The van der Waals surface area contributed by atoms with Crippen LogP contribution < -0.4 is 4.73 Å². The van der Waals surface area contributed by atoms with E-state index in [9.17, 15) is 30.8 Å². The van der Waals surface area contributed by atoms with Gasteiger partial charge >= 0.3 is 5.69 Å². The Bertz CT molecular complexity index is 983. The monoisotopic (exact) mass is 395 g/mol. The molecule has 0 aliphatic heterocycles. The zero-order valence-electron chi connectivity index (χ0n) is 13.4. The largest absolute Gasteiger partial charge is 0.617 e. The highest BCUT2D eigenvalue weighted by molar-refractivity contribution is 6.34. The number of halogens is 2. The molecule has 8 nitrogen and oxygen atoms in total. The third-order valence-electron chi connectivity index (χ3n) is 3.70. The summed E-state index contributed by atoms with van der Waals surface area (Å²) in [5.74, 6) is -1.62. The van der Waals surface area contributed by atoms with E-state index in [0.717, 1.165) is 12.1 Å². The van der Waals surface area contributed by atoms with Crippen molar-refractivity contribution in [3.05, 3.63) is 60.0 Å². The van der Waals surface area contributed by atoms with Crippen LogP contribution in [0.5, 0.6) is 11.5 Å². The van der Waals surface area contributed by atoms with E-state index in [0.29, 0.717) is 10.3 Å². The quantitative estimate of drug-likeness (QED) is 0.155. The predicted molar refractivity (Wildman–Crippen MR) is 94.8 cm³/mol. The molecular weight excluding hydrogens is 385 g/mol. The standard InChI is InChI=1S/C16H11Cl2N3O5/c1-7-13(16(18)20(24)8(2)14(7)17)10(6-19)3-9-4-11(21(25)26)15(23)12(22)5-9/h3-5,22-23H,1-2H3/b10-3+. The van der Waals surface area contributed by atoms with Crippen LogP contribution in [0, 0.1) is 40.5 Å². The molecule has 0 amide bonds. The fourth-order valence-electron chi connectivity index (χ4n) is 2.36. The van der Waals surface area contributed by atoms with Crippen LogP contribution in [-0.4, -0.2) is 15.1 Å². The smallest absolute Gasteiger partial charge is 0.315 e. The van der Waals surface area contributed by atoms with Crippen molar-refractivity contribution < 1.29 is 19.9 Å². The van der Waals surface area contributed by atoms with Gasteiger partial charge in [-0.25, -0.2) is 0 Å². The van der Waals surface area contributed by atoms with Crippen molar-refractivity contribution in [2.75, 3.05) is 0 Å². The Hall–Kier alpha value is -3.02. The summed E-state index contributed by atoms with van der Waals surface area (Å²) in [6.45, 7) is 3.04. The van der Waals surface area contributed by atoms with Gasteiger partial charge in [-0.15, -0.1) is 0 Å². The molecule has 134 valence electrons. The number of allylic oxidation sites excluding steroid dienone is 1. The fraction of sp³-hybridized carbons (Fsp3) is 0.125. The van der Waals surface area contributed by atoms with Crippen LogP contribution in [0.1, 0.15) is 22.4 Å². The number of benzene rings is 1. The third kappa shape index (κ3) is 3.22. The van der Waals surface area contributed by atoms with Gasteiger partial charge in [0, 0.05) is 13.0 Å². The first-order valence-electron chi connectivity index (χ1n) is 7.00. The van der Waals surface area contributed by atoms with Crippen molar-refractivity contribution in [3.8, 4) is 17.6 Å². The second kappa shape index (κ2) is 7.07. The molecule has 1 aromatic heterocycles. The van der Waals surface area contributed by atoms with Crippen LogP contribution in [-0.2, 0) is 0 Å². The van der Waals surface area contributed by atoms with Gasteiger partial charge in [0.1, 0.15) is 11.1 Å². The zero-order chi connectivity index (χ0) is 19.8. The maximum absolute atomic E-state index is 12.1. The molecule has 0 fully saturated rings. The molecule has 2 rings (SSSR count). The molecule has 10 heteroatoms. The molecule has 1 heterocycles. The van der Waals surface area contributed by atoms with Gasteiger partial charge in [0.2, 0.25) is 11.4 Å². The summed E-state index contributed by atoms with van der Waals surface area (Å²) in [5, 5.41) is 51.5. The lowest BCUT2D eigenvalue weighted by molar-refractivity contribution is -0.610. The van der Waals surface area contributed by atoms with E-state index in [2.05, 4.69) is 0 Å². The minimum Gasteiger partial charge on any atom is -0.617 e. The molecule has 26 heavy (non-hydrogen) atoms. The molecule has 0 saturated heterocycles. The summed E-state index contributed by atoms with van der Waals surface area (Å²) in [6, 6.07) is 3.86. The van der Waals surface area contributed by atoms with Crippen LogP contribution in [0.25, 0.3) is 11.6 Å². The number of nitro groups is 1. The Morgan fingerprint density at radius 3 is 2.50 bits per heavy atom. The molecule has 0 spiro atoms. The van der Waals surface area contributed by atoms with Crippen molar-refractivity contribution in [1.29, 1.82) is 5.26 Å². The maximum Gasteiger partial charge on any atom is 0.315 e. The number of phenols is 2. The lowest BCUT2D eigenvalue weighted by atomic mass is 10.00. The molecule has 0 radical (unpaired) electrons. The fourth-order valence-corrected chi connectivity index (χ4v) is 2.90. The van der Waals surface area contributed by atoms with Gasteiger partial charge in [-0.2, -0.15) is 9.99 Å². The van der Waals surface area contributed by atoms with E-state index in [1.54, 1.807) is 6.92 Å². The lowest BCUT2D eigenvalue weighted by Gasteiger charge is -2.12. The second-order valence-corrected chi connectivity index (χ2v) is 6.06. The van der Waals surface area contributed by atoms with Crippen molar-refractivity contribution in [2.24, 2.45) is 0 Å². The average Bonchev–Trinajstić information content (AvgIpc) is 2.59. The third-order valence-corrected chi connectivity index (χ3v) is 4.60. The summed E-state index contributed by atoms with van der Waals surface area (Å²) >= 11 is 12.2. The van der Waals surface area contributed by atoms with Crippen LogP contribution in [0.15, 0.2) is 12.1 Å². The van der Waals surface area contributed by atoms with Crippen molar-refractivity contribution in [2.45, 2.75) is 13.8 Å². The minimum atomic E-state index is -0.893.